The Labute approximate surface area is 108 Å². The lowest BCUT2D eigenvalue weighted by Crippen LogP contribution is -2.31. The van der Waals surface area contributed by atoms with Gasteiger partial charge in [0.1, 0.15) is 0 Å². The van der Waals surface area contributed by atoms with Crippen molar-refractivity contribution in [1.29, 1.82) is 0 Å². The van der Waals surface area contributed by atoms with Crippen LogP contribution in [0.25, 0.3) is 11.0 Å². The number of para-hydroxylation sites is 2. The smallest absolute Gasteiger partial charge is 0.0890 e. The van der Waals surface area contributed by atoms with Gasteiger partial charge in [-0.1, -0.05) is 18.6 Å². The van der Waals surface area contributed by atoms with Gasteiger partial charge < -0.3 is 4.90 Å². The molecule has 0 bridgehead atoms. The second-order valence-electron chi connectivity index (χ2n) is 5.00. The van der Waals surface area contributed by atoms with Gasteiger partial charge in [0, 0.05) is 19.2 Å². The molecule has 2 heterocycles. The van der Waals surface area contributed by atoms with E-state index >= 15 is 0 Å². The van der Waals surface area contributed by atoms with Crippen LogP contribution in [0.4, 0.5) is 0 Å². The van der Waals surface area contributed by atoms with E-state index in [0.717, 1.165) is 29.7 Å². The summed E-state index contributed by atoms with van der Waals surface area (Å²) in [5.41, 5.74) is 3.10. The Morgan fingerprint density at radius 3 is 2.61 bits per heavy atom. The Balaban J connectivity index is 1.66. The number of benzene rings is 1. The highest BCUT2D eigenvalue weighted by atomic mass is 15.1. The molecule has 3 heteroatoms. The molecule has 1 aliphatic rings. The summed E-state index contributed by atoms with van der Waals surface area (Å²) in [7, 11) is 0. The first-order valence-electron chi connectivity index (χ1n) is 6.85. The average Bonchev–Trinajstić information content (AvgIpc) is 2.46. The summed E-state index contributed by atoms with van der Waals surface area (Å²) in [5.74, 6) is 0. The van der Waals surface area contributed by atoms with Crippen LogP contribution in [-0.4, -0.2) is 34.5 Å². The molecular formula is C15H19N3. The third-order valence-electron chi connectivity index (χ3n) is 3.63. The third-order valence-corrected chi connectivity index (χ3v) is 3.63. The molecular weight excluding hydrogens is 222 g/mol. The Hall–Kier alpha value is -1.48. The maximum absolute atomic E-state index is 4.67. The van der Waals surface area contributed by atoms with Crippen LogP contribution in [0.2, 0.25) is 0 Å². The molecule has 0 N–H and O–H groups in total. The Morgan fingerprint density at radius 1 is 1.00 bits per heavy atom. The Morgan fingerprint density at radius 2 is 1.78 bits per heavy atom. The molecule has 3 nitrogen and oxygen atoms in total. The molecule has 0 amide bonds. The van der Waals surface area contributed by atoms with Crippen LogP contribution in [0.5, 0.6) is 0 Å². The lowest BCUT2D eigenvalue weighted by atomic mass is 10.1. The number of rotatable bonds is 3. The Bertz CT molecular complexity index is 518. The largest absolute Gasteiger partial charge is 0.303 e. The van der Waals surface area contributed by atoms with Gasteiger partial charge in [0.25, 0.3) is 0 Å². The van der Waals surface area contributed by atoms with Gasteiger partial charge in [0.05, 0.1) is 16.7 Å². The molecule has 0 aliphatic carbocycles. The van der Waals surface area contributed by atoms with E-state index in [-0.39, 0.29) is 0 Å². The van der Waals surface area contributed by atoms with Crippen LogP contribution >= 0.6 is 0 Å². The quantitative estimate of drug-likeness (QED) is 0.827. The first-order chi connectivity index (χ1) is 8.92. The molecule has 18 heavy (non-hydrogen) atoms. The van der Waals surface area contributed by atoms with Crippen molar-refractivity contribution in [3.63, 3.8) is 0 Å². The number of hydrogen-bond acceptors (Lipinski definition) is 3. The number of hydrogen-bond donors (Lipinski definition) is 0. The number of aromatic nitrogens is 2. The topological polar surface area (TPSA) is 29.0 Å². The standard InChI is InChI=1S/C15H19N3/c1-4-9-18(10-5-1)11-8-13-12-16-14-6-2-3-7-15(14)17-13/h2-3,6-7,12H,1,4-5,8-11H2. The summed E-state index contributed by atoms with van der Waals surface area (Å²) in [6.45, 7) is 3.62. The predicted molar refractivity (Wildman–Crippen MR) is 73.5 cm³/mol. The maximum Gasteiger partial charge on any atom is 0.0890 e. The SMILES string of the molecule is c1ccc2nc(CCN3CCCCC3)cnc2c1. The van der Waals surface area contributed by atoms with Gasteiger partial charge >= 0.3 is 0 Å². The van der Waals surface area contributed by atoms with E-state index < -0.39 is 0 Å². The van der Waals surface area contributed by atoms with E-state index in [0.29, 0.717) is 0 Å². The molecule has 0 saturated carbocycles. The summed E-state index contributed by atoms with van der Waals surface area (Å²) in [5, 5.41) is 0. The van der Waals surface area contributed by atoms with Crippen molar-refractivity contribution in [3.05, 3.63) is 36.2 Å². The van der Waals surface area contributed by atoms with Gasteiger partial charge in [0.2, 0.25) is 0 Å². The van der Waals surface area contributed by atoms with Crippen molar-refractivity contribution in [2.45, 2.75) is 25.7 Å². The van der Waals surface area contributed by atoms with Crippen LogP contribution < -0.4 is 0 Å². The fourth-order valence-electron chi connectivity index (χ4n) is 2.57. The van der Waals surface area contributed by atoms with E-state index in [1.165, 1.54) is 32.4 Å². The van der Waals surface area contributed by atoms with Crippen LogP contribution in [0, 0.1) is 0 Å². The molecule has 1 saturated heterocycles. The van der Waals surface area contributed by atoms with Gasteiger partial charge in [0.15, 0.2) is 0 Å². The van der Waals surface area contributed by atoms with Crippen LogP contribution in [0.1, 0.15) is 25.0 Å². The molecule has 1 aromatic carbocycles. The molecule has 0 unspecified atom stereocenters. The van der Waals surface area contributed by atoms with Gasteiger partial charge in [-0.3, -0.25) is 4.98 Å². The summed E-state index contributed by atoms with van der Waals surface area (Å²) in [4.78, 5) is 11.7. The van der Waals surface area contributed by atoms with Crippen LogP contribution in [0.3, 0.4) is 0 Å². The van der Waals surface area contributed by atoms with Gasteiger partial charge in [-0.25, -0.2) is 4.98 Å². The van der Waals surface area contributed by atoms with Crippen LogP contribution in [-0.2, 0) is 6.42 Å². The minimum absolute atomic E-state index is 0.985. The highest BCUT2D eigenvalue weighted by Gasteiger charge is 2.10. The van der Waals surface area contributed by atoms with Crippen molar-refractivity contribution in [1.82, 2.24) is 14.9 Å². The van der Waals surface area contributed by atoms with Gasteiger partial charge in [-0.05, 0) is 38.1 Å². The van der Waals surface area contributed by atoms with E-state index in [4.69, 9.17) is 0 Å². The van der Waals surface area contributed by atoms with E-state index in [9.17, 15) is 0 Å². The number of nitrogens with zero attached hydrogens (tertiary/aromatic N) is 3. The van der Waals surface area contributed by atoms with E-state index in [1.807, 2.05) is 30.5 Å². The van der Waals surface area contributed by atoms with Crippen molar-refractivity contribution < 1.29 is 0 Å². The Kier molecular flexibility index (Phi) is 3.51. The molecule has 0 spiro atoms. The van der Waals surface area contributed by atoms with E-state index in [1.54, 1.807) is 0 Å². The summed E-state index contributed by atoms with van der Waals surface area (Å²) in [6, 6.07) is 8.07. The lowest BCUT2D eigenvalue weighted by molar-refractivity contribution is 0.231. The van der Waals surface area contributed by atoms with Crippen LogP contribution in [0.15, 0.2) is 30.5 Å². The number of likely N-dealkylation sites (tertiary alicyclic amines) is 1. The molecule has 94 valence electrons. The lowest BCUT2D eigenvalue weighted by Gasteiger charge is -2.26. The summed E-state index contributed by atoms with van der Waals surface area (Å²) >= 11 is 0. The molecule has 1 aromatic heterocycles. The van der Waals surface area contributed by atoms with Crippen molar-refractivity contribution in [2.75, 3.05) is 19.6 Å². The van der Waals surface area contributed by atoms with Crippen molar-refractivity contribution in [2.24, 2.45) is 0 Å². The number of fused-ring (bicyclic) bond motifs is 1. The zero-order chi connectivity index (χ0) is 12.2. The molecule has 0 radical (unpaired) electrons. The molecule has 0 atom stereocenters. The molecule has 1 aliphatic heterocycles. The summed E-state index contributed by atoms with van der Waals surface area (Å²) in [6.07, 6.45) is 7.03. The number of piperidine rings is 1. The maximum atomic E-state index is 4.67. The second-order valence-corrected chi connectivity index (χ2v) is 5.00. The highest BCUT2D eigenvalue weighted by Crippen LogP contribution is 2.11. The van der Waals surface area contributed by atoms with Gasteiger partial charge in [-0.15, -0.1) is 0 Å². The fourth-order valence-corrected chi connectivity index (χ4v) is 2.57. The third kappa shape index (κ3) is 2.67. The monoisotopic (exact) mass is 241 g/mol. The van der Waals surface area contributed by atoms with Crippen molar-refractivity contribution >= 4 is 11.0 Å². The van der Waals surface area contributed by atoms with E-state index in [2.05, 4.69) is 14.9 Å². The second kappa shape index (κ2) is 5.44. The predicted octanol–water partition coefficient (Wildman–Crippen LogP) is 2.66. The minimum Gasteiger partial charge on any atom is -0.303 e. The molecule has 3 rings (SSSR count). The first-order valence-corrected chi connectivity index (χ1v) is 6.85. The zero-order valence-corrected chi connectivity index (χ0v) is 10.7. The average molecular weight is 241 g/mol. The fraction of sp³-hybridized carbons (Fsp3) is 0.467. The van der Waals surface area contributed by atoms with Gasteiger partial charge in [-0.2, -0.15) is 0 Å². The zero-order valence-electron chi connectivity index (χ0n) is 10.7. The molecule has 1 fully saturated rings. The molecule has 2 aromatic rings. The highest BCUT2D eigenvalue weighted by molar-refractivity contribution is 5.73. The summed E-state index contributed by atoms with van der Waals surface area (Å²) < 4.78 is 0. The van der Waals surface area contributed by atoms with Crippen molar-refractivity contribution in [3.8, 4) is 0 Å². The first kappa shape index (κ1) is 11.6. The normalized spacial score (nSPS) is 17.1. The minimum atomic E-state index is 0.985.